The monoisotopic (exact) mass is 263 g/mol. The topological polar surface area (TPSA) is 107 Å². The van der Waals surface area contributed by atoms with Crippen LogP contribution in [0.25, 0.3) is 0 Å². The highest BCUT2D eigenvalue weighted by Gasteiger charge is 2.16. The van der Waals surface area contributed by atoms with E-state index >= 15 is 0 Å². The Balaban J connectivity index is 2.78. The smallest absolute Gasteiger partial charge is 0.310 e. The number of ether oxygens (including phenoxy) is 1. The lowest BCUT2D eigenvalue weighted by molar-refractivity contribution is -0.385. The highest BCUT2D eigenvalue weighted by atomic mass is 16.6. The van der Waals surface area contributed by atoms with Crippen LogP contribution < -0.4 is 15.8 Å². The highest BCUT2D eigenvalue weighted by Crippen LogP contribution is 2.27. The van der Waals surface area contributed by atoms with Gasteiger partial charge in [0.2, 0.25) is 0 Å². The minimum absolute atomic E-state index is 0.00353. The number of rotatable bonds is 6. The van der Waals surface area contributed by atoms with Gasteiger partial charge >= 0.3 is 5.69 Å². The van der Waals surface area contributed by atoms with Crippen LogP contribution in [0.15, 0.2) is 18.2 Å². The van der Waals surface area contributed by atoms with E-state index in [4.69, 9.17) is 16.9 Å². The third-order valence-electron chi connectivity index (χ3n) is 2.20. The first-order valence-electron chi connectivity index (χ1n) is 5.38. The van der Waals surface area contributed by atoms with Crippen molar-refractivity contribution in [3.63, 3.8) is 0 Å². The number of carbonyl (C=O) groups excluding carboxylic acids is 1. The van der Waals surface area contributed by atoms with Crippen LogP contribution >= 0.6 is 0 Å². The first-order valence-corrected chi connectivity index (χ1v) is 5.38. The fraction of sp³-hybridized carbons (Fsp3) is 0.250. The van der Waals surface area contributed by atoms with Crippen molar-refractivity contribution in [3.8, 4) is 18.1 Å². The van der Waals surface area contributed by atoms with Gasteiger partial charge in [0.05, 0.1) is 11.5 Å². The van der Waals surface area contributed by atoms with E-state index in [0.717, 1.165) is 0 Å². The molecule has 0 aliphatic heterocycles. The Labute approximate surface area is 109 Å². The Hall–Kier alpha value is -2.59. The Morgan fingerprint density at radius 2 is 2.32 bits per heavy atom. The van der Waals surface area contributed by atoms with Crippen molar-refractivity contribution in [1.29, 1.82) is 0 Å². The number of nitrogens with zero attached hydrogens (tertiary/aromatic N) is 1. The quantitative estimate of drug-likeness (QED) is 0.432. The standard InChI is InChI=1S/C12H13N3O4/c1-2-5-14-12(16)8-19-11-6-9(7-13)3-4-10(11)15(17)18/h1,3-4,6H,5,7-8,13H2,(H,14,16). The normalized spacial score (nSPS) is 9.47. The molecule has 100 valence electrons. The Morgan fingerprint density at radius 1 is 1.58 bits per heavy atom. The van der Waals surface area contributed by atoms with Crippen LogP contribution in [0.5, 0.6) is 5.75 Å². The van der Waals surface area contributed by atoms with Crippen LogP contribution in [-0.4, -0.2) is 24.0 Å². The van der Waals surface area contributed by atoms with Gasteiger partial charge in [0, 0.05) is 12.6 Å². The van der Waals surface area contributed by atoms with E-state index in [1.54, 1.807) is 0 Å². The number of hydrogen-bond acceptors (Lipinski definition) is 5. The number of hydrogen-bond donors (Lipinski definition) is 2. The summed E-state index contributed by atoms with van der Waals surface area (Å²) in [6.07, 6.45) is 4.98. The Morgan fingerprint density at radius 3 is 2.89 bits per heavy atom. The molecule has 19 heavy (non-hydrogen) atoms. The summed E-state index contributed by atoms with van der Waals surface area (Å²) in [7, 11) is 0. The molecule has 0 radical (unpaired) electrons. The molecule has 0 atom stereocenters. The second-order valence-electron chi connectivity index (χ2n) is 3.53. The van der Waals surface area contributed by atoms with Gasteiger partial charge in [0.1, 0.15) is 0 Å². The number of nitrogens with two attached hydrogens (primary N) is 1. The Bertz CT molecular complexity index is 522. The maximum atomic E-state index is 11.3. The second kappa shape index (κ2) is 6.98. The molecule has 0 fully saturated rings. The largest absolute Gasteiger partial charge is 0.477 e. The Kier molecular flexibility index (Phi) is 5.32. The summed E-state index contributed by atoms with van der Waals surface area (Å²) in [4.78, 5) is 21.5. The minimum Gasteiger partial charge on any atom is -0.477 e. The zero-order chi connectivity index (χ0) is 14.3. The summed E-state index contributed by atoms with van der Waals surface area (Å²) in [5, 5.41) is 13.2. The average Bonchev–Trinajstić information content (AvgIpc) is 2.42. The van der Waals surface area contributed by atoms with Gasteiger partial charge in [-0.05, 0) is 11.6 Å². The predicted octanol–water partition coefficient (Wildman–Crippen LogP) is 0.182. The molecule has 7 heteroatoms. The molecular formula is C12H13N3O4. The van der Waals surface area contributed by atoms with Gasteiger partial charge in [-0.25, -0.2) is 0 Å². The van der Waals surface area contributed by atoms with E-state index < -0.39 is 10.8 Å². The molecule has 3 N–H and O–H groups in total. The average molecular weight is 263 g/mol. The summed E-state index contributed by atoms with van der Waals surface area (Å²) >= 11 is 0. The van der Waals surface area contributed by atoms with Crippen molar-refractivity contribution in [1.82, 2.24) is 5.32 Å². The summed E-state index contributed by atoms with van der Waals surface area (Å²) in [6, 6.07) is 4.26. The molecule has 1 amide bonds. The lowest BCUT2D eigenvalue weighted by atomic mass is 10.2. The molecule has 0 heterocycles. The zero-order valence-corrected chi connectivity index (χ0v) is 10.1. The predicted molar refractivity (Wildman–Crippen MR) is 68.3 cm³/mol. The van der Waals surface area contributed by atoms with E-state index in [1.165, 1.54) is 18.2 Å². The molecule has 0 aromatic heterocycles. The fourth-order valence-corrected chi connectivity index (χ4v) is 1.30. The number of nitro benzene ring substituents is 1. The summed E-state index contributed by atoms with van der Waals surface area (Å²) < 4.78 is 5.12. The van der Waals surface area contributed by atoms with Gasteiger partial charge in [-0.3, -0.25) is 14.9 Å². The van der Waals surface area contributed by atoms with Crippen LogP contribution in [0.3, 0.4) is 0 Å². The van der Waals surface area contributed by atoms with Crippen molar-refractivity contribution < 1.29 is 14.5 Å². The van der Waals surface area contributed by atoms with Crippen LogP contribution in [0.4, 0.5) is 5.69 Å². The fourth-order valence-electron chi connectivity index (χ4n) is 1.30. The van der Waals surface area contributed by atoms with Crippen LogP contribution in [0, 0.1) is 22.5 Å². The number of amides is 1. The van der Waals surface area contributed by atoms with Gasteiger partial charge in [0.25, 0.3) is 5.91 Å². The molecule has 1 aromatic carbocycles. The number of terminal acetylenes is 1. The van der Waals surface area contributed by atoms with Crippen LogP contribution in [-0.2, 0) is 11.3 Å². The number of carbonyl (C=O) groups is 1. The van der Waals surface area contributed by atoms with E-state index in [9.17, 15) is 14.9 Å². The molecule has 0 unspecified atom stereocenters. The van der Waals surface area contributed by atoms with Crippen LogP contribution in [0.2, 0.25) is 0 Å². The lowest BCUT2D eigenvalue weighted by Gasteiger charge is -2.07. The molecule has 0 bridgehead atoms. The molecule has 0 saturated carbocycles. The third-order valence-corrected chi connectivity index (χ3v) is 2.20. The first kappa shape index (κ1) is 14.5. The van der Waals surface area contributed by atoms with Gasteiger partial charge in [-0.2, -0.15) is 0 Å². The van der Waals surface area contributed by atoms with E-state index in [-0.39, 0.29) is 31.1 Å². The van der Waals surface area contributed by atoms with Gasteiger partial charge in [-0.15, -0.1) is 6.42 Å². The highest BCUT2D eigenvalue weighted by molar-refractivity contribution is 5.77. The summed E-state index contributed by atoms with van der Waals surface area (Å²) in [5.41, 5.74) is 5.89. The maximum Gasteiger partial charge on any atom is 0.310 e. The molecule has 1 rings (SSSR count). The molecule has 7 nitrogen and oxygen atoms in total. The number of nitro groups is 1. The molecular weight excluding hydrogens is 250 g/mol. The molecule has 0 aliphatic rings. The van der Waals surface area contributed by atoms with Crippen molar-refractivity contribution in [2.45, 2.75) is 6.54 Å². The molecule has 0 saturated heterocycles. The summed E-state index contributed by atoms with van der Waals surface area (Å²) in [5.74, 6) is 1.78. The van der Waals surface area contributed by atoms with Crippen molar-refractivity contribution in [2.75, 3.05) is 13.2 Å². The molecule has 1 aromatic rings. The summed E-state index contributed by atoms with van der Waals surface area (Å²) in [6.45, 7) is -0.0543. The number of benzene rings is 1. The van der Waals surface area contributed by atoms with E-state index in [0.29, 0.717) is 5.56 Å². The SMILES string of the molecule is C#CCNC(=O)COc1cc(CN)ccc1[N+](=O)[O-]. The van der Waals surface area contributed by atoms with Crippen LogP contribution in [0.1, 0.15) is 5.56 Å². The van der Waals surface area contributed by atoms with Gasteiger partial charge in [-0.1, -0.05) is 12.0 Å². The molecule has 0 spiro atoms. The van der Waals surface area contributed by atoms with E-state index in [2.05, 4.69) is 11.2 Å². The van der Waals surface area contributed by atoms with Crippen molar-refractivity contribution >= 4 is 11.6 Å². The van der Waals surface area contributed by atoms with Gasteiger partial charge < -0.3 is 15.8 Å². The minimum atomic E-state index is -0.588. The zero-order valence-electron chi connectivity index (χ0n) is 10.1. The van der Waals surface area contributed by atoms with Crippen molar-refractivity contribution in [3.05, 3.63) is 33.9 Å². The number of nitrogens with one attached hydrogen (secondary N) is 1. The second-order valence-corrected chi connectivity index (χ2v) is 3.53. The van der Waals surface area contributed by atoms with Gasteiger partial charge in [0.15, 0.2) is 12.4 Å². The third kappa shape index (κ3) is 4.29. The maximum absolute atomic E-state index is 11.3. The molecule has 0 aliphatic carbocycles. The van der Waals surface area contributed by atoms with Crippen molar-refractivity contribution in [2.24, 2.45) is 5.73 Å². The lowest BCUT2D eigenvalue weighted by Crippen LogP contribution is -2.29. The van der Waals surface area contributed by atoms with E-state index in [1.807, 2.05) is 0 Å². The first-order chi connectivity index (χ1) is 9.08.